The Morgan fingerprint density at radius 2 is 1.70 bits per heavy atom. The molecular weight excluding hydrogens is 478 g/mol. The highest BCUT2D eigenvalue weighted by molar-refractivity contribution is 5.95. The number of piperidine rings is 1. The van der Waals surface area contributed by atoms with Crippen molar-refractivity contribution in [1.82, 2.24) is 15.1 Å². The van der Waals surface area contributed by atoms with Gasteiger partial charge < -0.3 is 33.0 Å². The summed E-state index contributed by atoms with van der Waals surface area (Å²) in [5.74, 6) is 3.61. The molecule has 2 aliphatic rings. The molecule has 2 aliphatic heterocycles. The lowest BCUT2D eigenvalue weighted by molar-refractivity contribution is 0.0697. The minimum absolute atomic E-state index is 0.0617. The molecule has 1 aromatic heterocycles. The molecule has 1 unspecified atom stereocenters. The third kappa shape index (κ3) is 5.14. The van der Waals surface area contributed by atoms with Crippen molar-refractivity contribution in [2.24, 2.45) is 0 Å². The number of carbonyl (C=O) groups excluding carboxylic acids is 1. The van der Waals surface area contributed by atoms with Gasteiger partial charge in [0.25, 0.3) is 5.91 Å². The van der Waals surface area contributed by atoms with Gasteiger partial charge in [-0.15, -0.1) is 10.2 Å². The molecule has 1 saturated heterocycles. The zero-order valence-electron chi connectivity index (χ0n) is 21.3. The molecule has 0 saturated carbocycles. The van der Waals surface area contributed by atoms with Crippen LogP contribution in [-0.4, -0.2) is 60.7 Å². The van der Waals surface area contributed by atoms with Crippen LogP contribution in [0.2, 0.25) is 0 Å². The Labute approximate surface area is 215 Å². The van der Waals surface area contributed by atoms with Crippen LogP contribution in [-0.2, 0) is 0 Å². The van der Waals surface area contributed by atoms with Crippen molar-refractivity contribution in [2.75, 3.05) is 39.7 Å². The maximum absolute atomic E-state index is 13.6. The zero-order valence-corrected chi connectivity index (χ0v) is 21.3. The molecule has 0 spiro atoms. The van der Waals surface area contributed by atoms with Gasteiger partial charge in [0.2, 0.25) is 24.3 Å². The number of aromatic nitrogens is 2. The van der Waals surface area contributed by atoms with Gasteiger partial charge in [0.15, 0.2) is 23.0 Å². The van der Waals surface area contributed by atoms with Gasteiger partial charge in [0.1, 0.15) is 0 Å². The van der Waals surface area contributed by atoms with Gasteiger partial charge in [-0.25, -0.2) is 0 Å². The van der Waals surface area contributed by atoms with Gasteiger partial charge in [-0.2, -0.15) is 0 Å². The number of amides is 1. The topological polar surface area (TPSA) is 105 Å². The van der Waals surface area contributed by atoms with Crippen LogP contribution < -0.4 is 23.7 Å². The lowest BCUT2D eigenvalue weighted by Gasteiger charge is -2.31. The van der Waals surface area contributed by atoms with Crippen molar-refractivity contribution >= 4 is 5.91 Å². The van der Waals surface area contributed by atoms with E-state index in [1.807, 2.05) is 43.9 Å². The Morgan fingerprint density at radius 1 is 0.973 bits per heavy atom. The van der Waals surface area contributed by atoms with Gasteiger partial charge in [0.05, 0.1) is 25.7 Å². The largest absolute Gasteiger partial charge is 0.490 e. The summed E-state index contributed by atoms with van der Waals surface area (Å²) in [5, 5.41) is 8.55. The van der Waals surface area contributed by atoms with Crippen molar-refractivity contribution in [3.05, 3.63) is 41.8 Å². The fourth-order valence-electron chi connectivity index (χ4n) is 4.60. The lowest BCUT2D eigenvalue weighted by Crippen LogP contribution is -2.39. The van der Waals surface area contributed by atoms with Gasteiger partial charge >= 0.3 is 0 Å². The number of hydrogen-bond donors (Lipinski definition) is 0. The molecule has 1 atom stereocenters. The zero-order chi connectivity index (χ0) is 25.8. The molecule has 0 aliphatic carbocycles. The van der Waals surface area contributed by atoms with Gasteiger partial charge in [0, 0.05) is 24.2 Å². The van der Waals surface area contributed by atoms with Crippen LogP contribution in [0.25, 0.3) is 11.5 Å². The van der Waals surface area contributed by atoms with Crippen LogP contribution in [0.1, 0.15) is 55.8 Å². The minimum Gasteiger partial charge on any atom is -0.490 e. The van der Waals surface area contributed by atoms with Crippen molar-refractivity contribution in [1.29, 1.82) is 0 Å². The predicted molar refractivity (Wildman–Crippen MR) is 134 cm³/mol. The highest BCUT2D eigenvalue weighted by atomic mass is 16.7. The number of fused-ring (bicyclic) bond motifs is 1. The van der Waals surface area contributed by atoms with Crippen LogP contribution in [0.3, 0.4) is 0 Å². The van der Waals surface area contributed by atoms with Crippen molar-refractivity contribution in [2.45, 2.75) is 39.5 Å². The summed E-state index contributed by atoms with van der Waals surface area (Å²) in [6.07, 6.45) is 1.68. The number of rotatable bonds is 9. The molecule has 0 N–H and O–H groups in total. The smallest absolute Gasteiger partial charge is 0.254 e. The van der Waals surface area contributed by atoms with E-state index in [1.54, 1.807) is 12.1 Å². The molecule has 0 radical (unpaired) electrons. The molecule has 2 aromatic carbocycles. The van der Waals surface area contributed by atoms with Crippen LogP contribution >= 0.6 is 0 Å². The number of benzene rings is 2. The van der Waals surface area contributed by atoms with Gasteiger partial charge in [-0.05, 0) is 63.9 Å². The third-order valence-corrected chi connectivity index (χ3v) is 6.27. The van der Waals surface area contributed by atoms with Crippen molar-refractivity contribution in [3.63, 3.8) is 0 Å². The second-order valence-electron chi connectivity index (χ2n) is 8.70. The third-order valence-electron chi connectivity index (χ3n) is 6.27. The molecule has 3 heterocycles. The Bertz CT molecular complexity index is 1230. The van der Waals surface area contributed by atoms with Crippen molar-refractivity contribution < 1.29 is 32.9 Å². The maximum atomic E-state index is 13.6. The second kappa shape index (κ2) is 11.0. The van der Waals surface area contributed by atoms with E-state index in [0.717, 1.165) is 18.4 Å². The van der Waals surface area contributed by atoms with Crippen LogP contribution in [0.15, 0.2) is 34.7 Å². The van der Waals surface area contributed by atoms with E-state index in [2.05, 4.69) is 10.2 Å². The Kier molecular flexibility index (Phi) is 7.34. The summed E-state index contributed by atoms with van der Waals surface area (Å²) in [6.45, 7) is 8.34. The summed E-state index contributed by atoms with van der Waals surface area (Å²) < 4.78 is 34.2. The molecule has 3 aromatic rings. The summed E-state index contributed by atoms with van der Waals surface area (Å²) in [6, 6.07) is 8.97. The average Bonchev–Trinajstić information content (AvgIpc) is 3.60. The maximum Gasteiger partial charge on any atom is 0.254 e. The first-order valence-electron chi connectivity index (χ1n) is 12.7. The summed E-state index contributed by atoms with van der Waals surface area (Å²) in [4.78, 5) is 15.4. The molecular formula is C27H31N3O7. The fourth-order valence-corrected chi connectivity index (χ4v) is 4.60. The number of ether oxygens (including phenoxy) is 5. The highest BCUT2D eigenvalue weighted by Crippen LogP contribution is 2.40. The molecule has 37 heavy (non-hydrogen) atoms. The Balaban J connectivity index is 1.35. The van der Waals surface area contributed by atoms with E-state index in [-0.39, 0.29) is 18.6 Å². The number of likely N-dealkylation sites (tertiary alicyclic amines) is 1. The van der Waals surface area contributed by atoms with E-state index >= 15 is 0 Å². The monoisotopic (exact) mass is 509 g/mol. The molecule has 10 heteroatoms. The predicted octanol–water partition coefficient (Wildman–Crippen LogP) is 4.68. The highest BCUT2D eigenvalue weighted by Gasteiger charge is 2.30. The van der Waals surface area contributed by atoms with E-state index in [0.29, 0.717) is 79.0 Å². The van der Waals surface area contributed by atoms with Crippen LogP contribution in [0.4, 0.5) is 0 Å². The molecule has 0 bridgehead atoms. The fraction of sp³-hybridized carbons (Fsp3) is 0.444. The van der Waals surface area contributed by atoms with E-state index in [1.165, 1.54) is 0 Å². The summed E-state index contributed by atoms with van der Waals surface area (Å²) in [7, 11) is 0. The second-order valence-corrected chi connectivity index (χ2v) is 8.70. The SMILES string of the molecule is CCOc1cc(C(=O)N2CCCC(c3nnc(-c4ccc5c(c4)OCO5)o3)C2)cc(OCC)c1OCC. The molecule has 1 fully saturated rings. The first-order chi connectivity index (χ1) is 18.1. The number of carbonyl (C=O) groups is 1. The van der Waals surface area contributed by atoms with Gasteiger partial charge in [-0.3, -0.25) is 4.79 Å². The first-order valence-corrected chi connectivity index (χ1v) is 12.7. The standard InChI is InChI=1S/C27H31N3O7/c1-4-32-22-13-19(14-23(33-5-2)24(22)34-6-3)27(31)30-11-7-8-18(15-30)26-29-28-25(37-26)17-9-10-20-21(12-17)36-16-35-20/h9-10,12-14,18H,4-8,11,15-16H2,1-3H3. The minimum atomic E-state index is -0.106. The summed E-state index contributed by atoms with van der Waals surface area (Å²) >= 11 is 0. The number of hydrogen-bond acceptors (Lipinski definition) is 9. The normalized spacial score (nSPS) is 16.5. The van der Waals surface area contributed by atoms with E-state index < -0.39 is 0 Å². The van der Waals surface area contributed by atoms with Crippen LogP contribution in [0, 0.1) is 0 Å². The van der Waals surface area contributed by atoms with E-state index in [4.69, 9.17) is 28.1 Å². The summed E-state index contributed by atoms with van der Waals surface area (Å²) in [5.41, 5.74) is 1.25. The van der Waals surface area contributed by atoms with Crippen molar-refractivity contribution in [3.8, 4) is 40.2 Å². The van der Waals surface area contributed by atoms with Crippen LogP contribution in [0.5, 0.6) is 28.7 Å². The average molecular weight is 510 g/mol. The quantitative estimate of drug-likeness (QED) is 0.406. The van der Waals surface area contributed by atoms with E-state index in [9.17, 15) is 4.79 Å². The Hall–Kier alpha value is -3.95. The molecule has 196 valence electrons. The molecule has 1 amide bonds. The first kappa shape index (κ1) is 24.7. The lowest BCUT2D eigenvalue weighted by atomic mass is 9.97. The number of nitrogens with zero attached hydrogens (tertiary/aromatic N) is 3. The molecule has 5 rings (SSSR count). The molecule has 10 nitrogen and oxygen atoms in total. The Morgan fingerprint density at radius 3 is 2.43 bits per heavy atom. The van der Waals surface area contributed by atoms with Gasteiger partial charge in [-0.1, -0.05) is 0 Å².